The van der Waals surface area contributed by atoms with Crippen molar-refractivity contribution in [3.8, 4) is 0 Å². The molecule has 10 heteroatoms. The van der Waals surface area contributed by atoms with Gasteiger partial charge < -0.3 is 32.1 Å². The van der Waals surface area contributed by atoms with Gasteiger partial charge in [0, 0.05) is 6.42 Å². The van der Waals surface area contributed by atoms with Crippen molar-refractivity contribution in [2.45, 2.75) is 43.8 Å². The second-order valence-corrected chi connectivity index (χ2v) is 5.04. The largest absolute Gasteiger partial charge is 0.480 e. The molecule has 1 amide bonds. The van der Waals surface area contributed by atoms with Crippen LogP contribution in [0.25, 0.3) is 0 Å². The monoisotopic (exact) mass is 331 g/mol. The van der Waals surface area contributed by atoms with E-state index in [0.717, 1.165) is 0 Å². The molecule has 23 heavy (non-hydrogen) atoms. The van der Waals surface area contributed by atoms with Crippen molar-refractivity contribution in [1.29, 1.82) is 0 Å². The molecule has 0 rings (SSSR count). The van der Waals surface area contributed by atoms with Crippen molar-refractivity contribution in [2.75, 3.05) is 0 Å². The second kappa shape index (κ2) is 9.54. The number of nitrogens with one attached hydrogen (secondary N) is 1. The molecule has 3 atom stereocenters. The van der Waals surface area contributed by atoms with Gasteiger partial charge in [0.1, 0.15) is 18.1 Å². The number of hydrogen-bond donors (Lipinski definition) is 6. The van der Waals surface area contributed by atoms with Gasteiger partial charge in [0.15, 0.2) is 0 Å². The molecule has 130 valence electrons. The minimum atomic E-state index is -1.33. The van der Waals surface area contributed by atoms with Crippen LogP contribution in [-0.4, -0.2) is 57.3 Å². The van der Waals surface area contributed by atoms with E-state index in [1.165, 1.54) is 0 Å². The second-order valence-electron chi connectivity index (χ2n) is 5.04. The number of aliphatic carboxylic acids is 3. The maximum atomic E-state index is 11.6. The van der Waals surface area contributed by atoms with Gasteiger partial charge in [-0.1, -0.05) is 12.2 Å². The SMILES string of the molecule is C=C(CC(N)C(=O)O)CC(NC(=O)CC[C@@H](N)C(=O)O)C(=O)O. The lowest BCUT2D eigenvalue weighted by molar-refractivity contribution is -0.142. The molecule has 0 spiro atoms. The summed E-state index contributed by atoms with van der Waals surface area (Å²) in [5, 5.41) is 28.5. The Bertz CT molecular complexity index is 492. The molecule has 0 saturated carbocycles. The van der Waals surface area contributed by atoms with Crippen molar-refractivity contribution in [1.82, 2.24) is 5.32 Å². The van der Waals surface area contributed by atoms with Crippen LogP contribution in [0.3, 0.4) is 0 Å². The van der Waals surface area contributed by atoms with Crippen molar-refractivity contribution in [2.24, 2.45) is 11.5 Å². The Morgan fingerprint density at radius 3 is 1.87 bits per heavy atom. The van der Waals surface area contributed by atoms with Crippen LogP contribution in [0.2, 0.25) is 0 Å². The zero-order valence-electron chi connectivity index (χ0n) is 12.4. The highest BCUT2D eigenvalue weighted by Gasteiger charge is 2.23. The Morgan fingerprint density at radius 1 is 0.913 bits per heavy atom. The van der Waals surface area contributed by atoms with E-state index < -0.39 is 41.9 Å². The van der Waals surface area contributed by atoms with Gasteiger partial charge in [-0.15, -0.1) is 0 Å². The molecular formula is C13H21N3O7. The fraction of sp³-hybridized carbons (Fsp3) is 0.538. The summed E-state index contributed by atoms with van der Waals surface area (Å²) >= 11 is 0. The normalized spacial score (nSPS) is 14.3. The first-order valence-corrected chi connectivity index (χ1v) is 6.70. The third-order valence-electron chi connectivity index (χ3n) is 2.95. The summed E-state index contributed by atoms with van der Waals surface area (Å²) in [6.45, 7) is 3.55. The number of carbonyl (C=O) groups is 4. The molecule has 8 N–H and O–H groups in total. The zero-order valence-corrected chi connectivity index (χ0v) is 12.4. The van der Waals surface area contributed by atoms with Crippen molar-refractivity contribution < 1.29 is 34.5 Å². The van der Waals surface area contributed by atoms with E-state index in [1.54, 1.807) is 0 Å². The maximum Gasteiger partial charge on any atom is 0.326 e. The van der Waals surface area contributed by atoms with E-state index in [2.05, 4.69) is 11.9 Å². The van der Waals surface area contributed by atoms with Crippen LogP contribution in [0.15, 0.2) is 12.2 Å². The highest BCUT2D eigenvalue weighted by molar-refractivity contribution is 5.84. The molecule has 0 heterocycles. The molecule has 0 radical (unpaired) electrons. The van der Waals surface area contributed by atoms with Crippen LogP contribution in [0.4, 0.5) is 0 Å². The first kappa shape index (κ1) is 20.5. The molecule has 0 bridgehead atoms. The van der Waals surface area contributed by atoms with Gasteiger partial charge in [0.2, 0.25) is 5.91 Å². The predicted octanol–water partition coefficient (Wildman–Crippen LogP) is -1.50. The molecule has 0 saturated heterocycles. The smallest absolute Gasteiger partial charge is 0.326 e. The molecule has 0 aliphatic rings. The van der Waals surface area contributed by atoms with E-state index in [1.807, 2.05) is 0 Å². The number of carbonyl (C=O) groups excluding carboxylic acids is 1. The first-order valence-electron chi connectivity index (χ1n) is 6.70. The quantitative estimate of drug-likeness (QED) is 0.244. The maximum absolute atomic E-state index is 11.6. The summed E-state index contributed by atoms with van der Waals surface area (Å²) in [6, 6.07) is -3.73. The lowest BCUT2D eigenvalue weighted by Crippen LogP contribution is -2.42. The summed E-state index contributed by atoms with van der Waals surface area (Å²) in [7, 11) is 0. The third kappa shape index (κ3) is 8.53. The summed E-state index contributed by atoms with van der Waals surface area (Å²) in [4.78, 5) is 43.9. The average molecular weight is 331 g/mol. The third-order valence-corrected chi connectivity index (χ3v) is 2.95. The molecule has 0 aromatic carbocycles. The van der Waals surface area contributed by atoms with E-state index in [0.29, 0.717) is 0 Å². The Kier molecular flexibility index (Phi) is 8.52. The molecule has 0 aliphatic carbocycles. The summed E-state index contributed by atoms with van der Waals surface area (Å²) < 4.78 is 0. The lowest BCUT2D eigenvalue weighted by Gasteiger charge is -2.17. The van der Waals surface area contributed by atoms with Crippen LogP contribution < -0.4 is 16.8 Å². The van der Waals surface area contributed by atoms with Gasteiger partial charge in [0.25, 0.3) is 0 Å². The van der Waals surface area contributed by atoms with Crippen molar-refractivity contribution >= 4 is 23.8 Å². The number of carboxylic acids is 3. The minimum Gasteiger partial charge on any atom is -0.480 e. The molecule has 0 aromatic heterocycles. The van der Waals surface area contributed by atoms with Gasteiger partial charge in [-0.2, -0.15) is 0 Å². The molecule has 0 aromatic rings. The van der Waals surface area contributed by atoms with Gasteiger partial charge in [-0.3, -0.25) is 14.4 Å². The van der Waals surface area contributed by atoms with E-state index >= 15 is 0 Å². The summed E-state index contributed by atoms with van der Waals surface area (Å²) in [6.07, 6.45) is -0.706. The zero-order chi connectivity index (χ0) is 18.2. The Hall–Kier alpha value is -2.46. The number of amides is 1. The predicted molar refractivity (Wildman–Crippen MR) is 78.4 cm³/mol. The number of carboxylic acid groups (broad SMARTS) is 3. The summed E-state index contributed by atoms with van der Waals surface area (Å²) in [5.41, 5.74) is 10.8. The molecule has 0 fully saturated rings. The highest BCUT2D eigenvalue weighted by Crippen LogP contribution is 2.11. The van der Waals surface area contributed by atoms with Crippen LogP contribution in [0.5, 0.6) is 0 Å². The van der Waals surface area contributed by atoms with Gasteiger partial charge in [0.05, 0.1) is 0 Å². The molecular weight excluding hydrogens is 310 g/mol. The van der Waals surface area contributed by atoms with Gasteiger partial charge in [-0.05, 0) is 19.3 Å². The topological polar surface area (TPSA) is 193 Å². The molecule has 0 aliphatic heterocycles. The van der Waals surface area contributed by atoms with Crippen LogP contribution in [0.1, 0.15) is 25.7 Å². The van der Waals surface area contributed by atoms with Crippen molar-refractivity contribution in [3.63, 3.8) is 0 Å². The number of nitrogens with two attached hydrogens (primary N) is 2. The summed E-state index contributed by atoms with van der Waals surface area (Å²) in [5.74, 6) is -4.51. The number of rotatable bonds is 11. The van der Waals surface area contributed by atoms with E-state index in [4.69, 9.17) is 26.8 Å². The lowest BCUT2D eigenvalue weighted by atomic mass is 10.0. The van der Waals surface area contributed by atoms with Crippen LogP contribution in [0, 0.1) is 0 Å². The standard InChI is InChI=1S/C13H21N3O7/c1-6(4-8(15)12(20)21)5-9(13(22)23)16-10(17)3-2-7(14)11(18)19/h7-9H,1-5,14-15H2,(H,16,17)(H,18,19)(H,20,21)(H,22,23)/t7-,8?,9?/m1/s1. The first-order chi connectivity index (χ1) is 10.5. The number of hydrogen-bond acceptors (Lipinski definition) is 6. The molecule has 10 nitrogen and oxygen atoms in total. The van der Waals surface area contributed by atoms with E-state index in [-0.39, 0.29) is 31.3 Å². The minimum absolute atomic E-state index is 0.126. The Balaban J connectivity index is 4.49. The van der Waals surface area contributed by atoms with Crippen LogP contribution in [-0.2, 0) is 19.2 Å². The van der Waals surface area contributed by atoms with Crippen molar-refractivity contribution in [3.05, 3.63) is 12.2 Å². The fourth-order valence-corrected chi connectivity index (χ4v) is 1.65. The average Bonchev–Trinajstić information content (AvgIpc) is 2.43. The molecule has 2 unspecified atom stereocenters. The fourth-order valence-electron chi connectivity index (χ4n) is 1.65. The van der Waals surface area contributed by atoms with Crippen LogP contribution >= 0.6 is 0 Å². The van der Waals surface area contributed by atoms with Gasteiger partial charge >= 0.3 is 17.9 Å². The Labute approximate surface area is 132 Å². The van der Waals surface area contributed by atoms with E-state index in [9.17, 15) is 19.2 Å². The highest BCUT2D eigenvalue weighted by atomic mass is 16.4. The van der Waals surface area contributed by atoms with Gasteiger partial charge in [-0.25, -0.2) is 4.79 Å². The Morgan fingerprint density at radius 2 is 1.43 bits per heavy atom.